The fourth-order valence-electron chi connectivity index (χ4n) is 1.82. The van der Waals surface area contributed by atoms with Crippen molar-refractivity contribution >= 4 is 11.7 Å². The Hall–Kier alpha value is -2.43. The molecule has 0 aliphatic heterocycles. The molecule has 2 rings (SSSR count). The highest BCUT2D eigenvalue weighted by Gasteiger charge is 2.09. The minimum Gasteiger partial charge on any atom is -0.331 e. The van der Waals surface area contributed by atoms with Gasteiger partial charge in [-0.1, -0.05) is 0 Å². The van der Waals surface area contributed by atoms with E-state index in [-0.39, 0.29) is 17.9 Å². The van der Waals surface area contributed by atoms with Gasteiger partial charge in [-0.15, -0.1) is 0 Å². The van der Waals surface area contributed by atoms with Crippen LogP contribution in [-0.2, 0) is 0 Å². The number of pyridine rings is 1. The van der Waals surface area contributed by atoms with Crippen molar-refractivity contribution in [2.24, 2.45) is 0 Å². The molecule has 2 N–H and O–H groups in total. The van der Waals surface area contributed by atoms with Gasteiger partial charge in [0.2, 0.25) is 0 Å². The molecule has 1 aromatic carbocycles. The molecule has 0 aliphatic carbocycles. The Bertz CT molecular complexity index is 601. The van der Waals surface area contributed by atoms with E-state index in [0.717, 1.165) is 5.56 Å². The topological polar surface area (TPSA) is 54.0 Å². The third-order valence-corrected chi connectivity index (χ3v) is 2.97. The van der Waals surface area contributed by atoms with Crippen molar-refractivity contribution in [2.75, 3.05) is 5.32 Å². The van der Waals surface area contributed by atoms with Crippen LogP contribution in [-0.4, -0.2) is 11.0 Å². The van der Waals surface area contributed by atoms with Gasteiger partial charge in [0.1, 0.15) is 5.82 Å². The highest BCUT2D eigenvalue weighted by molar-refractivity contribution is 5.89. The largest absolute Gasteiger partial charge is 0.331 e. The fourth-order valence-corrected chi connectivity index (χ4v) is 1.82. The van der Waals surface area contributed by atoms with E-state index in [2.05, 4.69) is 15.6 Å². The Balaban J connectivity index is 1.97. The second-order valence-corrected chi connectivity index (χ2v) is 4.56. The minimum absolute atomic E-state index is 0.139. The number of halogens is 1. The summed E-state index contributed by atoms with van der Waals surface area (Å²) in [4.78, 5) is 15.8. The van der Waals surface area contributed by atoms with Crippen LogP contribution >= 0.6 is 0 Å². The van der Waals surface area contributed by atoms with Gasteiger partial charge < -0.3 is 10.6 Å². The molecular weight excluding hydrogens is 257 g/mol. The van der Waals surface area contributed by atoms with Crippen molar-refractivity contribution < 1.29 is 9.18 Å². The molecule has 0 bridgehead atoms. The van der Waals surface area contributed by atoms with E-state index < -0.39 is 0 Å². The zero-order valence-corrected chi connectivity index (χ0v) is 11.4. The van der Waals surface area contributed by atoms with E-state index >= 15 is 0 Å². The van der Waals surface area contributed by atoms with Crippen LogP contribution < -0.4 is 10.6 Å². The smallest absolute Gasteiger partial charge is 0.319 e. The molecule has 20 heavy (non-hydrogen) atoms. The Morgan fingerprint density at radius 2 is 1.95 bits per heavy atom. The third kappa shape index (κ3) is 3.54. The van der Waals surface area contributed by atoms with E-state index in [9.17, 15) is 9.18 Å². The average molecular weight is 273 g/mol. The van der Waals surface area contributed by atoms with Crippen LogP contribution in [0.5, 0.6) is 0 Å². The molecule has 0 saturated heterocycles. The summed E-state index contributed by atoms with van der Waals surface area (Å²) in [6.07, 6.45) is 3.35. The van der Waals surface area contributed by atoms with Gasteiger partial charge in [0.25, 0.3) is 0 Å². The van der Waals surface area contributed by atoms with Crippen molar-refractivity contribution in [1.29, 1.82) is 0 Å². The third-order valence-electron chi connectivity index (χ3n) is 2.97. The van der Waals surface area contributed by atoms with Gasteiger partial charge in [-0.3, -0.25) is 4.98 Å². The van der Waals surface area contributed by atoms with E-state index in [1.54, 1.807) is 25.4 Å². The normalized spacial score (nSPS) is 11.8. The van der Waals surface area contributed by atoms with Crippen LogP contribution in [0.2, 0.25) is 0 Å². The molecule has 1 heterocycles. The molecule has 1 atom stereocenters. The first-order chi connectivity index (χ1) is 9.56. The Kier molecular flexibility index (Phi) is 4.30. The molecule has 0 spiro atoms. The van der Waals surface area contributed by atoms with E-state index in [1.807, 2.05) is 19.1 Å². The number of anilines is 1. The van der Waals surface area contributed by atoms with Gasteiger partial charge in [-0.05, 0) is 55.3 Å². The van der Waals surface area contributed by atoms with E-state index in [1.165, 1.54) is 12.1 Å². The molecule has 2 aromatic rings. The van der Waals surface area contributed by atoms with Gasteiger partial charge in [0.15, 0.2) is 0 Å². The number of aryl methyl sites for hydroxylation is 1. The van der Waals surface area contributed by atoms with E-state index in [0.29, 0.717) is 11.3 Å². The Morgan fingerprint density at radius 3 is 2.60 bits per heavy atom. The molecule has 1 unspecified atom stereocenters. The van der Waals surface area contributed by atoms with Crippen LogP contribution in [0.4, 0.5) is 14.9 Å². The summed E-state index contributed by atoms with van der Waals surface area (Å²) in [6.45, 7) is 3.53. The van der Waals surface area contributed by atoms with Crippen LogP contribution in [0.1, 0.15) is 24.1 Å². The number of hydrogen-bond acceptors (Lipinski definition) is 2. The zero-order valence-electron chi connectivity index (χ0n) is 11.4. The summed E-state index contributed by atoms with van der Waals surface area (Å²) in [5, 5.41) is 5.49. The number of hydrogen-bond donors (Lipinski definition) is 2. The van der Waals surface area contributed by atoms with Gasteiger partial charge in [0.05, 0.1) is 6.04 Å². The quantitative estimate of drug-likeness (QED) is 0.900. The summed E-state index contributed by atoms with van der Waals surface area (Å²) in [6, 6.07) is 7.65. The number of amides is 2. The number of carbonyl (C=O) groups excluding carboxylic acids is 1. The molecule has 104 valence electrons. The lowest BCUT2D eigenvalue weighted by molar-refractivity contribution is 0.249. The van der Waals surface area contributed by atoms with Crippen LogP contribution in [0.3, 0.4) is 0 Å². The monoisotopic (exact) mass is 273 g/mol. The van der Waals surface area contributed by atoms with Crippen molar-refractivity contribution in [2.45, 2.75) is 19.9 Å². The number of urea groups is 1. The maximum atomic E-state index is 13.1. The highest BCUT2D eigenvalue weighted by Crippen LogP contribution is 2.14. The van der Waals surface area contributed by atoms with Gasteiger partial charge in [0, 0.05) is 18.1 Å². The molecule has 0 fully saturated rings. The molecule has 0 saturated carbocycles. The van der Waals surface area contributed by atoms with E-state index in [4.69, 9.17) is 0 Å². The maximum absolute atomic E-state index is 13.1. The molecule has 5 heteroatoms. The van der Waals surface area contributed by atoms with Crippen molar-refractivity contribution in [3.63, 3.8) is 0 Å². The van der Waals surface area contributed by atoms with Gasteiger partial charge in [-0.25, -0.2) is 9.18 Å². The highest BCUT2D eigenvalue weighted by atomic mass is 19.1. The summed E-state index contributed by atoms with van der Waals surface area (Å²) in [5.74, 6) is -0.291. The predicted octanol–water partition coefficient (Wildman–Crippen LogP) is 3.41. The van der Waals surface area contributed by atoms with Gasteiger partial charge in [-0.2, -0.15) is 0 Å². The second kappa shape index (κ2) is 6.14. The molecule has 4 nitrogen and oxygen atoms in total. The number of aromatic nitrogens is 1. The van der Waals surface area contributed by atoms with Crippen LogP contribution in [0, 0.1) is 12.7 Å². The zero-order chi connectivity index (χ0) is 14.5. The minimum atomic E-state index is -0.333. The van der Waals surface area contributed by atoms with Crippen molar-refractivity contribution in [1.82, 2.24) is 10.3 Å². The fraction of sp³-hybridized carbons (Fsp3) is 0.200. The first-order valence-electron chi connectivity index (χ1n) is 6.30. The summed E-state index contributed by atoms with van der Waals surface area (Å²) in [5.41, 5.74) is 2.01. The lowest BCUT2D eigenvalue weighted by Crippen LogP contribution is -2.31. The second-order valence-electron chi connectivity index (χ2n) is 4.56. The molecule has 1 aromatic heterocycles. The lowest BCUT2D eigenvalue weighted by Gasteiger charge is -2.15. The number of rotatable bonds is 3. The average Bonchev–Trinajstić information content (AvgIpc) is 2.44. The van der Waals surface area contributed by atoms with Crippen molar-refractivity contribution in [3.05, 3.63) is 59.7 Å². The maximum Gasteiger partial charge on any atom is 0.319 e. The summed E-state index contributed by atoms with van der Waals surface area (Å²) >= 11 is 0. The number of benzene rings is 1. The molecular formula is C15H16FN3O. The van der Waals surface area contributed by atoms with Crippen molar-refractivity contribution in [3.8, 4) is 0 Å². The number of nitrogens with one attached hydrogen (secondary N) is 2. The Morgan fingerprint density at radius 1 is 1.25 bits per heavy atom. The number of nitrogens with zero attached hydrogens (tertiary/aromatic N) is 1. The van der Waals surface area contributed by atoms with Crippen LogP contribution in [0.15, 0.2) is 42.7 Å². The summed E-state index contributed by atoms with van der Waals surface area (Å²) < 4.78 is 13.1. The standard InChI is InChI=1S/C15H16FN3O/c1-10-9-13(3-4-14(10)16)19-15(20)18-11(2)12-5-7-17-8-6-12/h3-9,11H,1-2H3,(H2,18,19,20). The molecule has 0 radical (unpaired) electrons. The predicted molar refractivity (Wildman–Crippen MR) is 75.9 cm³/mol. The first-order valence-corrected chi connectivity index (χ1v) is 6.30. The lowest BCUT2D eigenvalue weighted by atomic mass is 10.1. The summed E-state index contributed by atoms with van der Waals surface area (Å²) in [7, 11) is 0. The Labute approximate surface area is 117 Å². The van der Waals surface area contributed by atoms with Gasteiger partial charge >= 0.3 is 6.03 Å². The number of carbonyl (C=O) groups is 1. The van der Waals surface area contributed by atoms with Crippen LogP contribution in [0.25, 0.3) is 0 Å². The SMILES string of the molecule is Cc1cc(NC(=O)NC(C)c2ccncc2)ccc1F. The first kappa shape index (κ1) is 14.0. The molecule has 0 aliphatic rings. The molecule has 2 amide bonds.